The quantitative estimate of drug-likeness (QED) is 0.267. The lowest BCUT2D eigenvalue weighted by Crippen LogP contribution is -2.06. The van der Waals surface area contributed by atoms with Gasteiger partial charge in [0.25, 0.3) is 0 Å². The number of benzene rings is 3. The van der Waals surface area contributed by atoms with E-state index in [1.54, 1.807) is 24.4 Å². The monoisotopic (exact) mass is 458 g/mol. The molecule has 0 amide bonds. The molecule has 4 aromatic rings. The molecule has 0 saturated heterocycles. The molecule has 0 aliphatic heterocycles. The van der Waals surface area contributed by atoms with Gasteiger partial charge in [0.15, 0.2) is 0 Å². The smallest absolute Gasteiger partial charge is 0.229 e. The third-order valence-corrected chi connectivity index (χ3v) is 5.55. The molecule has 1 heterocycles. The zero-order valence-electron chi connectivity index (χ0n) is 18.1. The number of hydrogen-bond donors (Lipinski definition) is 3. The molecule has 168 valence electrons. The second-order valence-corrected chi connectivity index (χ2v) is 8.18. The molecule has 0 radical (unpaired) electrons. The second kappa shape index (κ2) is 10.6. The lowest BCUT2D eigenvalue weighted by atomic mass is 10.1. The Morgan fingerprint density at radius 3 is 2.52 bits per heavy atom. The van der Waals surface area contributed by atoms with Crippen LogP contribution in [0.3, 0.4) is 0 Å². The summed E-state index contributed by atoms with van der Waals surface area (Å²) < 4.78 is 24.5. The summed E-state index contributed by atoms with van der Waals surface area (Å²) in [5.41, 5.74) is 3.62. The van der Waals surface area contributed by atoms with Gasteiger partial charge in [-0.1, -0.05) is 65.6 Å². The minimum atomic E-state index is -1.81. The molecule has 0 aliphatic carbocycles. The molecule has 0 saturated carbocycles. The Kier molecular flexibility index (Phi) is 7.16. The highest BCUT2D eigenvalue weighted by molar-refractivity contribution is 7.73. The van der Waals surface area contributed by atoms with E-state index in [1.807, 2.05) is 55.5 Å². The maximum Gasteiger partial charge on any atom is 0.229 e. The van der Waals surface area contributed by atoms with Gasteiger partial charge in [-0.25, -0.2) is 4.98 Å². The van der Waals surface area contributed by atoms with Crippen molar-refractivity contribution in [3.63, 3.8) is 0 Å². The Hall–Kier alpha value is -3.91. The Morgan fingerprint density at radius 1 is 1.00 bits per heavy atom. The molecule has 3 aromatic carbocycles. The van der Waals surface area contributed by atoms with Crippen LogP contribution in [0.2, 0.25) is 0 Å². The summed E-state index contributed by atoms with van der Waals surface area (Å²) in [5.74, 6) is 1.89. The van der Waals surface area contributed by atoms with Crippen LogP contribution in [0.5, 0.6) is 5.75 Å². The number of ether oxygens (including phenoxy) is 1. The van der Waals surface area contributed by atoms with Crippen molar-refractivity contribution in [2.24, 2.45) is 0 Å². The highest BCUT2D eigenvalue weighted by Gasteiger charge is 2.11. The summed E-state index contributed by atoms with van der Waals surface area (Å²) in [7, 11) is -1.81. The van der Waals surface area contributed by atoms with E-state index >= 15 is 0 Å². The van der Waals surface area contributed by atoms with Gasteiger partial charge in [-0.15, -0.1) is 0 Å². The van der Waals surface area contributed by atoms with Gasteiger partial charge >= 0.3 is 0 Å². The molecule has 0 bridgehead atoms. The van der Waals surface area contributed by atoms with E-state index in [0.29, 0.717) is 35.5 Å². The first-order valence-corrected chi connectivity index (χ1v) is 11.7. The summed E-state index contributed by atoms with van der Waals surface area (Å²) in [4.78, 5) is 9.60. The van der Waals surface area contributed by atoms with Crippen LogP contribution >= 0.6 is 0 Å². The van der Waals surface area contributed by atoms with Crippen molar-refractivity contribution in [1.82, 2.24) is 9.97 Å². The fraction of sp³-hybridized carbons (Fsp3) is 0.120. The summed E-state index contributed by atoms with van der Waals surface area (Å²) in [6.45, 7) is 3.17. The van der Waals surface area contributed by atoms with E-state index in [2.05, 4.69) is 27.8 Å². The first kappa shape index (κ1) is 22.3. The number of hydrogen-bond acceptors (Lipinski definition) is 8. The number of aromatic nitrogens is 2. The van der Waals surface area contributed by atoms with Gasteiger partial charge in [0.05, 0.1) is 6.61 Å². The summed E-state index contributed by atoms with van der Waals surface area (Å²) in [6.07, 6.45) is 1.77. The van der Waals surface area contributed by atoms with Gasteiger partial charge in [0, 0.05) is 24.0 Å². The molecule has 1 aromatic heterocycles. The van der Waals surface area contributed by atoms with Crippen LogP contribution in [0.1, 0.15) is 12.5 Å². The zero-order chi connectivity index (χ0) is 23.0. The van der Waals surface area contributed by atoms with Crippen molar-refractivity contribution in [3.8, 4) is 16.9 Å². The second-order valence-electron chi connectivity index (χ2n) is 7.17. The normalized spacial score (nSPS) is 10.7. The molecule has 7 nitrogen and oxygen atoms in total. The number of nitrogens with one attached hydrogen (secondary N) is 3. The molecule has 3 N–H and O–H groups in total. The number of rotatable bonds is 9. The molecule has 8 heteroatoms. The average molecular weight is 459 g/mol. The van der Waals surface area contributed by atoms with E-state index < -0.39 is 10.6 Å². The Morgan fingerprint density at radius 2 is 1.79 bits per heavy atom. The van der Waals surface area contributed by atoms with E-state index in [4.69, 9.17) is 14.5 Å². The molecule has 0 spiro atoms. The molecular formula is C25H24N5O2S-. The fourth-order valence-electron chi connectivity index (χ4n) is 3.29. The topological polar surface area (TPSA) is 100.0 Å². The van der Waals surface area contributed by atoms with Crippen LogP contribution in [0.25, 0.3) is 11.1 Å². The van der Waals surface area contributed by atoms with Crippen LogP contribution in [-0.4, -0.2) is 16.6 Å². The van der Waals surface area contributed by atoms with Gasteiger partial charge in [-0.3, -0.25) is 0 Å². The third kappa shape index (κ3) is 5.87. The Labute approximate surface area is 194 Å². The molecule has 0 unspecified atom stereocenters. The van der Waals surface area contributed by atoms with Crippen LogP contribution in [0.15, 0.2) is 90.0 Å². The summed E-state index contributed by atoms with van der Waals surface area (Å²) >= 11 is 0. The molecule has 0 aliphatic rings. The minimum Gasteiger partial charge on any atom is -0.494 e. The summed E-state index contributed by atoms with van der Waals surface area (Å²) in [6, 6.07) is 24.8. The van der Waals surface area contributed by atoms with Gasteiger partial charge in [0.2, 0.25) is 5.95 Å². The van der Waals surface area contributed by atoms with Crippen molar-refractivity contribution >= 4 is 28.0 Å². The van der Waals surface area contributed by atoms with Crippen LogP contribution in [0, 0.1) is 4.78 Å². The standard InChI is InChI=1S/C25H24N5O2S/c1-2-32-21-13-11-19(12-14-21)23-17-28-25(29-20-9-6-10-22(15-20)33(26)31)30-24(23)27-16-18-7-4-3-5-8-18/h3-15,17,26H,2,16H2,1H3,(H2,27,28,29,30)/q-1. The molecule has 0 fully saturated rings. The minimum absolute atomic E-state index is 0.396. The first-order valence-electron chi connectivity index (χ1n) is 10.5. The largest absolute Gasteiger partial charge is 0.494 e. The maximum absolute atomic E-state index is 11.5. The van der Waals surface area contributed by atoms with E-state index in [1.165, 1.54) is 0 Å². The van der Waals surface area contributed by atoms with Gasteiger partial charge in [-0.05, 0) is 36.2 Å². The number of nitrogens with zero attached hydrogens (tertiary/aromatic N) is 2. The van der Waals surface area contributed by atoms with Crippen molar-refractivity contribution in [2.75, 3.05) is 17.2 Å². The van der Waals surface area contributed by atoms with E-state index in [-0.39, 0.29) is 0 Å². The van der Waals surface area contributed by atoms with Crippen LogP contribution < -0.4 is 15.4 Å². The molecule has 4 rings (SSSR count). The van der Waals surface area contributed by atoms with Crippen molar-refractivity contribution in [3.05, 3.63) is 90.6 Å². The highest BCUT2D eigenvalue weighted by atomic mass is 32.2. The predicted molar refractivity (Wildman–Crippen MR) is 131 cm³/mol. The lowest BCUT2D eigenvalue weighted by molar-refractivity contribution is 0.340. The third-order valence-electron chi connectivity index (χ3n) is 4.87. The SMILES string of the molecule is CCOc1ccc(-c2cnc(Nc3cccc([S-](=N)=O)c3)nc2NCc2ccccc2)cc1. The lowest BCUT2D eigenvalue weighted by Gasteiger charge is -2.14. The molecule has 33 heavy (non-hydrogen) atoms. The van der Waals surface area contributed by atoms with Crippen molar-refractivity contribution in [1.29, 1.82) is 4.78 Å². The van der Waals surface area contributed by atoms with Crippen LogP contribution in [0.4, 0.5) is 17.5 Å². The summed E-state index contributed by atoms with van der Waals surface area (Å²) in [5, 5.41) is 6.56. The average Bonchev–Trinajstić information content (AvgIpc) is 2.84. The number of anilines is 3. The Bertz CT molecular complexity index is 1280. The first-order chi connectivity index (χ1) is 16.1. The molecular weight excluding hydrogens is 434 g/mol. The van der Waals surface area contributed by atoms with Crippen molar-refractivity contribution in [2.45, 2.75) is 18.4 Å². The van der Waals surface area contributed by atoms with E-state index in [9.17, 15) is 4.21 Å². The van der Waals surface area contributed by atoms with E-state index in [0.717, 1.165) is 22.4 Å². The van der Waals surface area contributed by atoms with Crippen LogP contribution in [-0.2, 0) is 21.3 Å². The maximum atomic E-state index is 11.5. The van der Waals surface area contributed by atoms with Gasteiger partial charge in [-0.2, -0.15) is 15.6 Å². The Balaban J connectivity index is 1.64. The fourth-order valence-corrected chi connectivity index (χ4v) is 3.72. The van der Waals surface area contributed by atoms with Gasteiger partial charge < -0.3 is 24.4 Å². The van der Waals surface area contributed by atoms with Gasteiger partial charge in [0.1, 0.15) is 11.6 Å². The highest BCUT2D eigenvalue weighted by Crippen LogP contribution is 2.29. The zero-order valence-corrected chi connectivity index (χ0v) is 18.9. The predicted octanol–water partition coefficient (Wildman–Crippen LogP) is 5.98. The van der Waals surface area contributed by atoms with Crippen molar-refractivity contribution < 1.29 is 8.95 Å². The molecule has 0 atom stereocenters.